The zero-order valence-corrected chi connectivity index (χ0v) is 17.5. The van der Waals surface area contributed by atoms with Crippen LogP contribution in [0.4, 0.5) is 5.82 Å². The standard InChI is InChI=1S/C15H12BrCl2N3O5S/c1-7-11(17)5-20-14(13(7)18)21-12(22)6-26-15(23)9-4-8(27(19,24)25)2-3-10(9)16/h2-5H,6H2,1H3,(H2,19,24,25)(H,20,21,22). The van der Waals surface area contributed by atoms with E-state index in [-0.39, 0.29) is 25.8 Å². The number of pyridine rings is 1. The average Bonchev–Trinajstić information content (AvgIpc) is 2.59. The number of benzene rings is 1. The van der Waals surface area contributed by atoms with Gasteiger partial charge in [-0.2, -0.15) is 0 Å². The second-order valence-corrected chi connectivity index (χ2v) is 8.41. The first-order chi connectivity index (χ1) is 12.5. The Morgan fingerprint density at radius 1 is 1.33 bits per heavy atom. The highest BCUT2D eigenvalue weighted by Gasteiger charge is 2.18. The summed E-state index contributed by atoms with van der Waals surface area (Å²) in [6.07, 6.45) is 1.32. The van der Waals surface area contributed by atoms with Crippen LogP contribution in [0.15, 0.2) is 33.8 Å². The molecule has 8 nitrogen and oxygen atoms in total. The number of carbonyl (C=O) groups is 2. The van der Waals surface area contributed by atoms with Crippen LogP contribution in [0.1, 0.15) is 15.9 Å². The Kier molecular flexibility index (Phi) is 6.82. The van der Waals surface area contributed by atoms with E-state index in [4.69, 9.17) is 33.1 Å². The van der Waals surface area contributed by atoms with E-state index in [1.807, 2.05) is 0 Å². The maximum atomic E-state index is 12.1. The zero-order valence-electron chi connectivity index (χ0n) is 13.6. The maximum Gasteiger partial charge on any atom is 0.339 e. The molecule has 1 heterocycles. The number of ether oxygens (including phenoxy) is 1. The summed E-state index contributed by atoms with van der Waals surface area (Å²) in [5, 5.41) is 7.92. The summed E-state index contributed by atoms with van der Waals surface area (Å²) in [5.41, 5.74) is 0.428. The molecule has 2 rings (SSSR count). The van der Waals surface area contributed by atoms with Gasteiger partial charge in [0.1, 0.15) is 0 Å². The van der Waals surface area contributed by atoms with Crippen LogP contribution in [0.25, 0.3) is 0 Å². The summed E-state index contributed by atoms with van der Waals surface area (Å²) < 4.78 is 27.9. The van der Waals surface area contributed by atoms with Gasteiger partial charge in [0.05, 0.1) is 20.5 Å². The fraction of sp³-hybridized carbons (Fsp3) is 0.133. The van der Waals surface area contributed by atoms with E-state index in [1.54, 1.807) is 6.92 Å². The van der Waals surface area contributed by atoms with Crippen molar-refractivity contribution in [2.45, 2.75) is 11.8 Å². The number of hydrogen-bond acceptors (Lipinski definition) is 6. The van der Waals surface area contributed by atoms with Gasteiger partial charge in [-0.3, -0.25) is 4.79 Å². The van der Waals surface area contributed by atoms with E-state index in [0.717, 1.165) is 6.07 Å². The number of halogens is 3. The Labute approximate surface area is 173 Å². The number of nitrogens with one attached hydrogen (secondary N) is 1. The third kappa shape index (κ3) is 5.39. The van der Waals surface area contributed by atoms with Crippen molar-refractivity contribution in [3.63, 3.8) is 0 Å². The number of nitrogens with two attached hydrogens (primary N) is 1. The molecule has 0 saturated heterocycles. The quantitative estimate of drug-likeness (QED) is 0.612. The van der Waals surface area contributed by atoms with Crippen molar-refractivity contribution < 1.29 is 22.7 Å². The molecule has 0 saturated carbocycles. The fourth-order valence-electron chi connectivity index (χ4n) is 1.86. The van der Waals surface area contributed by atoms with Gasteiger partial charge in [-0.1, -0.05) is 23.2 Å². The summed E-state index contributed by atoms with van der Waals surface area (Å²) in [6.45, 7) is 1.00. The van der Waals surface area contributed by atoms with Gasteiger partial charge >= 0.3 is 5.97 Å². The van der Waals surface area contributed by atoms with Crippen molar-refractivity contribution >= 4 is 66.8 Å². The van der Waals surface area contributed by atoms with Crippen LogP contribution in [-0.2, 0) is 19.6 Å². The lowest BCUT2D eigenvalue weighted by Crippen LogP contribution is -2.22. The van der Waals surface area contributed by atoms with Crippen molar-refractivity contribution in [2.75, 3.05) is 11.9 Å². The molecule has 0 spiro atoms. The number of esters is 1. The molecule has 0 aliphatic heterocycles. The van der Waals surface area contributed by atoms with Crippen molar-refractivity contribution in [1.29, 1.82) is 0 Å². The summed E-state index contributed by atoms with van der Waals surface area (Å²) in [6, 6.07) is 3.59. The molecule has 2 aromatic rings. The largest absolute Gasteiger partial charge is 0.452 e. The molecule has 0 radical (unpaired) electrons. The highest BCUT2D eigenvalue weighted by atomic mass is 79.9. The molecule has 0 bridgehead atoms. The predicted octanol–water partition coefficient (Wildman–Crippen LogP) is 2.90. The van der Waals surface area contributed by atoms with Gasteiger partial charge in [0.25, 0.3) is 5.91 Å². The van der Waals surface area contributed by atoms with Crippen LogP contribution in [-0.4, -0.2) is 31.9 Å². The summed E-state index contributed by atoms with van der Waals surface area (Å²) in [7, 11) is -4.00. The van der Waals surface area contributed by atoms with Crippen molar-refractivity contribution in [1.82, 2.24) is 4.98 Å². The van der Waals surface area contributed by atoms with E-state index < -0.39 is 28.5 Å². The highest BCUT2D eigenvalue weighted by molar-refractivity contribution is 9.10. The minimum atomic E-state index is -4.00. The third-order valence-corrected chi connectivity index (χ3v) is 5.73. The molecule has 0 unspecified atom stereocenters. The van der Waals surface area contributed by atoms with Crippen LogP contribution >= 0.6 is 39.1 Å². The second-order valence-electron chi connectivity index (χ2n) is 5.20. The van der Waals surface area contributed by atoms with E-state index >= 15 is 0 Å². The van der Waals surface area contributed by atoms with Crippen LogP contribution < -0.4 is 10.5 Å². The lowest BCUT2D eigenvalue weighted by molar-refractivity contribution is -0.119. The van der Waals surface area contributed by atoms with E-state index in [9.17, 15) is 18.0 Å². The van der Waals surface area contributed by atoms with Gasteiger partial charge in [-0.25, -0.2) is 23.3 Å². The van der Waals surface area contributed by atoms with Gasteiger partial charge in [-0.05, 0) is 46.6 Å². The second kappa shape index (κ2) is 8.53. The summed E-state index contributed by atoms with van der Waals surface area (Å²) >= 11 is 15.0. The topological polar surface area (TPSA) is 128 Å². The lowest BCUT2D eigenvalue weighted by atomic mass is 10.2. The van der Waals surface area contributed by atoms with Crippen LogP contribution in [0, 0.1) is 6.92 Å². The first kappa shape index (κ1) is 21.6. The van der Waals surface area contributed by atoms with E-state index in [0.29, 0.717) is 10.6 Å². The monoisotopic (exact) mass is 495 g/mol. The number of aromatic nitrogens is 1. The lowest BCUT2D eigenvalue weighted by Gasteiger charge is -2.10. The maximum absolute atomic E-state index is 12.1. The molecule has 0 aliphatic rings. The first-order valence-corrected chi connectivity index (χ1v) is 10.2. The summed E-state index contributed by atoms with van der Waals surface area (Å²) in [4.78, 5) is 27.7. The molecule has 3 N–H and O–H groups in total. The van der Waals surface area contributed by atoms with Gasteiger partial charge in [0.2, 0.25) is 10.0 Å². The van der Waals surface area contributed by atoms with Gasteiger partial charge in [0.15, 0.2) is 12.4 Å². The molecular weight excluding hydrogens is 485 g/mol. The first-order valence-electron chi connectivity index (χ1n) is 7.10. The Morgan fingerprint density at radius 3 is 2.63 bits per heavy atom. The number of carbonyl (C=O) groups excluding carboxylic acids is 2. The van der Waals surface area contributed by atoms with Gasteiger partial charge in [0, 0.05) is 10.7 Å². The SMILES string of the molecule is Cc1c(Cl)cnc(NC(=O)COC(=O)c2cc(S(N)(=O)=O)ccc2Br)c1Cl. The van der Waals surface area contributed by atoms with Crippen LogP contribution in [0.2, 0.25) is 10.0 Å². The van der Waals surface area contributed by atoms with Gasteiger partial charge < -0.3 is 10.1 Å². The third-order valence-electron chi connectivity index (χ3n) is 3.28. The molecule has 0 atom stereocenters. The molecule has 0 aliphatic carbocycles. The Balaban J connectivity index is 2.08. The minimum Gasteiger partial charge on any atom is -0.452 e. The average molecular weight is 497 g/mol. The minimum absolute atomic E-state index is 0.0667. The number of rotatable bonds is 5. The fourth-order valence-corrected chi connectivity index (χ4v) is 3.20. The Morgan fingerprint density at radius 2 is 2.00 bits per heavy atom. The van der Waals surface area contributed by atoms with Crippen LogP contribution in [0.3, 0.4) is 0 Å². The molecule has 1 aromatic heterocycles. The number of hydrogen-bond donors (Lipinski definition) is 2. The van der Waals surface area contributed by atoms with Crippen molar-refractivity contribution in [3.05, 3.63) is 50.0 Å². The van der Waals surface area contributed by atoms with E-state index in [1.165, 1.54) is 18.3 Å². The molecular formula is C15H12BrCl2N3O5S. The van der Waals surface area contributed by atoms with Crippen molar-refractivity contribution in [2.24, 2.45) is 5.14 Å². The Bertz CT molecular complexity index is 1030. The van der Waals surface area contributed by atoms with E-state index in [2.05, 4.69) is 26.2 Å². The molecule has 12 heteroatoms. The number of amides is 1. The molecule has 27 heavy (non-hydrogen) atoms. The van der Waals surface area contributed by atoms with Crippen molar-refractivity contribution in [3.8, 4) is 0 Å². The molecule has 1 amide bonds. The number of nitrogens with zero attached hydrogens (tertiary/aromatic N) is 1. The molecule has 144 valence electrons. The zero-order chi connectivity index (χ0) is 20.4. The number of primary sulfonamides is 1. The molecule has 1 aromatic carbocycles. The predicted molar refractivity (Wildman–Crippen MR) is 103 cm³/mol. The number of sulfonamides is 1. The van der Waals surface area contributed by atoms with Gasteiger partial charge in [-0.15, -0.1) is 0 Å². The molecule has 0 fully saturated rings. The summed E-state index contributed by atoms with van der Waals surface area (Å²) in [5.74, 6) is -1.55. The number of anilines is 1. The smallest absolute Gasteiger partial charge is 0.339 e. The normalized spacial score (nSPS) is 11.1. The Hall–Kier alpha value is -1.72. The highest BCUT2D eigenvalue weighted by Crippen LogP contribution is 2.28. The van der Waals surface area contributed by atoms with Crippen LogP contribution in [0.5, 0.6) is 0 Å².